The van der Waals surface area contributed by atoms with Crippen molar-refractivity contribution in [3.05, 3.63) is 44.0 Å². The van der Waals surface area contributed by atoms with Crippen molar-refractivity contribution < 1.29 is 14.6 Å². The average molecular weight is 283 g/mol. The van der Waals surface area contributed by atoms with Gasteiger partial charge in [-0.15, -0.1) is 0 Å². The topological polar surface area (TPSA) is 108 Å². The molecule has 20 heavy (non-hydrogen) atoms. The van der Waals surface area contributed by atoms with Crippen molar-refractivity contribution >= 4 is 11.4 Å². The number of nitrogens with one attached hydrogen (secondary N) is 1. The van der Waals surface area contributed by atoms with E-state index in [1.807, 2.05) is 6.92 Å². The first kappa shape index (κ1) is 16.0. The van der Waals surface area contributed by atoms with Gasteiger partial charge in [-0.3, -0.25) is 20.2 Å². The van der Waals surface area contributed by atoms with Crippen LogP contribution in [0, 0.1) is 20.2 Å². The maximum atomic E-state index is 11.0. The lowest BCUT2D eigenvalue weighted by atomic mass is 10.1. The number of ether oxygens (including phenoxy) is 1. The third kappa shape index (κ3) is 4.25. The number of hydrogen-bond donors (Lipinski definition) is 1. The molecule has 0 aliphatic carbocycles. The molecule has 1 rings (SSSR count). The lowest BCUT2D eigenvalue weighted by molar-refractivity contribution is -0.394. The molecule has 0 amide bonds. The second kappa shape index (κ2) is 7.51. The smallest absolute Gasteiger partial charge is 0.280 e. The van der Waals surface area contributed by atoms with Gasteiger partial charge in [0.05, 0.1) is 22.5 Å². The van der Waals surface area contributed by atoms with Gasteiger partial charge in [-0.25, -0.2) is 0 Å². The Morgan fingerprint density at radius 3 is 2.50 bits per heavy atom. The zero-order valence-electron chi connectivity index (χ0n) is 11.4. The Kier molecular flexibility index (Phi) is 6.01. The quantitative estimate of drug-likeness (QED) is 0.577. The van der Waals surface area contributed by atoms with Gasteiger partial charge in [-0.1, -0.05) is 6.92 Å². The highest BCUT2D eigenvalue weighted by Gasteiger charge is 2.19. The molecule has 1 aromatic rings. The van der Waals surface area contributed by atoms with Crippen molar-refractivity contribution in [1.29, 1.82) is 0 Å². The standard InChI is InChI=1S/C12H17N3O5/c1-3-10(8-20-2)13-7-9-4-5-11(14(16)17)6-12(9)15(18)19/h4-6,10,13H,3,7-8H2,1-2H3. The molecule has 8 nitrogen and oxygen atoms in total. The van der Waals surface area contributed by atoms with Crippen molar-refractivity contribution in [2.75, 3.05) is 13.7 Å². The minimum Gasteiger partial charge on any atom is -0.383 e. The average Bonchev–Trinajstić information content (AvgIpc) is 2.42. The zero-order chi connectivity index (χ0) is 15.1. The van der Waals surface area contributed by atoms with Gasteiger partial charge in [0, 0.05) is 31.3 Å². The summed E-state index contributed by atoms with van der Waals surface area (Å²) in [4.78, 5) is 20.3. The lowest BCUT2D eigenvalue weighted by Crippen LogP contribution is -2.32. The van der Waals surface area contributed by atoms with Gasteiger partial charge in [-0.05, 0) is 12.5 Å². The van der Waals surface area contributed by atoms with E-state index in [-0.39, 0.29) is 24.0 Å². The molecule has 0 heterocycles. The number of nitrogens with zero attached hydrogens (tertiary/aromatic N) is 2. The molecule has 0 aliphatic heterocycles. The summed E-state index contributed by atoms with van der Waals surface area (Å²) in [5.74, 6) is 0. The Labute approximate surface area is 116 Å². The second-order valence-electron chi connectivity index (χ2n) is 4.27. The maximum absolute atomic E-state index is 11.0. The predicted octanol–water partition coefficient (Wildman–Crippen LogP) is 2.02. The minimum absolute atomic E-state index is 0.0785. The Morgan fingerprint density at radius 2 is 2.00 bits per heavy atom. The molecule has 1 aromatic carbocycles. The summed E-state index contributed by atoms with van der Waals surface area (Å²) < 4.78 is 5.03. The highest BCUT2D eigenvalue weighted by molar-refractivity contribution is 5.49. The number of rotatable bonds is 8. The molecule has 0 aromatic heterocycles. The van der Waals surface area contributed by atoms with Crippen LogP contribution in [0.15, 0.2) is 18.2 Å². The second-order valence-corrected chi connectivity index (χ2v) is 4.27. The fourth-order valence-corrected chi connectivity index (χ4v) is 1.76. The van der Waals surface area contributed by atoms with Crippen LogP contribution in [0.4, 0.5) is 11.4 Å². The first-order valence-electron chi connectivity index (χ1n) is 6.13. The van der Waals surface area contributed by atoms with Crippen LogP contribution in [-0.2, 0) is 11.3 Å². The number of nitro benzene ring substituents is 2. The van der Waals surface area contributed by atoms with Gasteiger partial charge >= 0.3 is 0 Å². The summed E-state index contributed by atoms with van der Waals surface area (Å²) in [7, 11) is 1.58. The minimum atomic E-state index is -0.649. The molecule has 0 bridgehead atoms. The third-order valence-electron chi connectivity index (χ3n) is 2.92. The summed E-state index contributed by atoms with van der Waals surface area (Å²) >= 11 is 0. The van der Waals surface area contributed by atoms with E-state index in [1.165, 1.54) is 12.1 Å². The summed E-state index contributed by atoms with van der Waals surface area (Å²) in [6.07, 6.45) is 0.814. The van der Waals surface area contributed by atoms with E-state index in [1.54, 1.807) is 7.11 Å². The number of non-ortho nitro benzene ring substituents is 1. The van der Waals surface area contributed by atoms with Crippen LogP contribution in [0.25, 0.3) is 0 Å². The van der Waals surface area contributed by atoms with Crippen LogP contribution in [0.1, 0.15) is 18.9 Å². The molecule has 8 heteroatoms. The monoisotopic (exact) mass is 283 g/mol. The highest BCUT2D eigenvalue weighted by Crippen LogP contribution is 2.24. The first-order chi connectivity index (χ1) is 9.49. The van der Waals surface area contributed by atoms with Crippen LogP contribution in [0.2, 0.25) is 0 Å². The number of hydrogen-bond acceptors (Lipinski definition) is 6. The summed E-state index contributed by atoms with van der Waals surface area (Å²) in [6, 6.07) is 3.73. The van der Waals surface area contributed by atoms with Gasteiger partial charge < -0.3 is 10.1 Å². The van der Waals surface area contributed by atoms with Crippen molar-refractivity contribution in [2.45, 2.75) is 25.9 Å². The largest absolute Gasteiger partial charge is 0.383 e. The molecule has 0 saturated carbocycles. The van der Waals surface area contributed by atoms with Crippen LogP contribution in [0.3, 0.4) is 0 Å². The van der Waals surface area contributed by atoms with E-state index >= 15 is 0 Å². The maximum Gasteiger partial charge on any atom is 0.280 e. The van der Waals surface area contributed by atoms with Crippen molar-refractivity contribution in [2.24, 2.45) is 0 Å². The van der Waals surface area contributed by atoms with E-state index in [4.69, 9.17) is 4.74 Å². The Bertz CT molecular complexity index is 492. The molecule has 0 fully saturated rings. The predicted molar refractivity (Wildman–Crippen MR) is 72.5 cm³/mol. The molecule has 110 valence electrons. The van der Waals surface area contributed by atoms with Gasteiger partial charge in [0.25, 0.3) is 11.4 Å². The fourth-order valence-electron chi connectivity index (χ4n) is 1.76. The van der Waals surface area contributed by atoms with Crippen LogP contribution in [0.5, 0.6) is 0 Å². The fraction of sp³-hybridized carbons (Fsp3) is 0.500. The number of nitro groups is 2. The molecule has 1 unspecified atom stereocenters. The molecule has 0 spiro atoms. The summed E-state index contributed by atoms with van der Waals surface area (Å²) in [5.41, 5.74) is -0.126. The van der Waals surface area contributed by atoms with E-state index in [0.717, 1.165) is 12.5 Å². The van der Waals surface area contributed by atoms with Crippen molar-refractivity contribution in [3.63, 3.8) is 0 Å². The number of benzene rings is 1. The van der Waals surface area contributed by atoms with Gasteiger partial charge in [0.2, 0.25) is 0 Å². The van der Waals surface area contributed by atoms with E-state index in [0.29, 0.717) is 12.2 Å². The van der Waals surface area contributed by atoms with Crippen LogP contribution in [-0.4, -0.2) is 29.6 Å². The van der Waals surface area contributed by atoms with Crippen LogP contribution < -0.4 is 5.32 Å². The molecule has 0 radical (unpaired) electrons. The molecular weight excluding hydrogens is 266 g/mol. The molecule has 1 N–H and O–H groups in total. The highest BCUT2D eigenvalue weighted by atomic mass is 16.6. The SMILES string of the molecule is CCC(COC)NCc1ccc([N+](=O)[O-])cc1[N+](=O)[O-]. The molecule has 1 atom stereocenters. The molecule has 0 saturated heterocycles. The molecule has 0 aliphatic rings. The number of methoxy groups -OCH3 is 1. The summed E-state index contributed by atoms with van der Waals surface area (Å²) in [5, 5.41) is 24.7. The zero-order valence-corrected chi connectivity index (χ0v) is 11.4. The Balaban J connectivity index is 2.89. The van der Waals surface area contributed by atoms with Gasteiger partial charge in [0.15, 0.2) is 0 Å². The van der Waals surface area contributed by atoms with E-state index in [9.17, 15) is 20.2 Å². The first-order valence-corrected chi connectivity index (χ1v) is 6.13. The van der Waals surface area contributed by atoms with E-state index < -0.39 is 9.85 Å². The van der Waals surface area contributed by atoms with Crippen molar-refractivity contribution in [3.8, 4) is 0 Å². The summed E-state index contributed by atoms with van der Waals surface area (Å²) in [6.45, 7) is 2.73. The van der Waals surface area contributed by atoms with Gasteiger partial charge in [0.1, 0.15) is 0 Å². The normalized spacial score (nSPS) is 12.1. The molecular formula is C12H17N3O5. The Hall–Kier alpha value is -2.06. The van der Waals surface area contributed by atoms with Crippen molar-refractivity contribution in [1.82, 2.24) is 5.32 Å². The Morgan fingerprint density at radius 1 is 1.30 bits per heavy atom. The van der Waals surface area contributed by atoms with Crippen LogP contribution >= 0.6 is 0 Å². The lowest BCUT2D eigenvalue weighted by Gasteiger charge is -2.15. The van der Waals surface area contributed by atoms with Gasteiger partial charge in [-0.2, -0.15) is 0 Å². The van der Waals surface area contributed by atoms with E-state index in [2.05, 4.69) is 5.32 Å². The third-order valence-corrected chi connectivity index (χ3v) is 2.92.